The Labute approximate surface area is 136 Å². The third kappa shape index (κ3) is 5.98. The van der Waals surface area contributed by atoms with Crippen molar-refractivity contribution in [3.63, 3.8) is 0 Å². The van der Waals surface area contributed by atoms with Crippen molar-refractivity contribution in [1.82, 2.24) is 10.6 Å². The average Bonchev–Trinajstić information content (AvgIpc) is 3.08. The number of furan rings is 1. The molecule has 23 heavy (non-hydrogen) atoms. The molecule has 5 nitrogen and oxygen atoms in total. The molecule has 0 aliphatic heterocycles. The number of nitrogens with one attached hydrogen (secondary N) is 2. The van der Waals surface area contributed by atoms with E-state index in [-0.39, 0.29) is 36.6 Å². The summed E-state index contributed by atoms with van der Waals surface area (Å²) in [5.74, 6) is -0.119. The first-order chi connectivity index (χ1) is 11.1. The highest BCUT2D eigenvalue weighted by molar-refractivity contribution is 5.91. The summed E-state index contributed by atoms with van der Waals surface area (Å²) in [6.45, 7) is 2.28. The summed E-state index contributed by atoms with van der Waals surface area (Å²) < 4.78 is 4.98. The normalized spacial score (nSPS) is 11.7. The molecule has 5 heteroatoms. The van der Waals surface area contributed by atoms with E-state index in [1.54, 1.807) is 12.1 Å². The predicted molar refractivity (Wildman–Crippen MR) is 88.0 cm³/mol. The summed E-state index contributed by atoms with van der Waals surface area (Å²) in [7, 11) is 0. The minimum atomic E-state index is -0.306. The second-order valence-corrected chi connectivity index (χ2v) is 5.48. The molecule has 122 valence electrons. The molecule has 1 aromatic heterocycles. The Morgan fingerprint density at radius 1 is 1.13 bits per heavy atom. The fourth-order valence-electron chi connectivity index (χ4n) is 2.23. The van der Waals surface area contributed by atoms with Gasteiger partial charge in [-0.15, -0.1) is 0 Å². The Morgan fingerprint density at radius 3 is 2.61 bits per heavy atom. The summed E-state index contributed by atoms with van der Waals surface area (Å²) in [6.07, 6.45) is 3.50. The van der Waals surface area contributed by atoms with Gasteiger partial charge in [-0.3, -0.25) is 9.59 Å². The summed E-state index contributed by atoms with van der Waals surface area (Å²) in [4.78, 5) is 23.5. The summed E-state index contributed by atoms with van der Waals surface area (Å²) in [5.41, 5.74) is 1.26. The van der Waals surface area contributed by atoms with Crippen molar-refractivity contribution in [1.29, 1.82) is 0 Å². The number of amides is 2. The number of carbonyl (C=O) groups excluding carboxylic acids is 2. The third-order valence-electron chi connectivity index (χ3n) is 3.50. The van der Waals surface area contributed by atoms with Gasteiger partial charge in [-0.2, -0.15) is 0 Å². The molecule has 0 fully saturated rings. The molecule has 2 N–H and O–H groups in total. The lowest BCUT2D eigenvalue weighted by Gasteiger charge is -2.14. The number of rotatable bonds is 8. The van der Waals surface area contributed by atoms with Crippen LogP contribution in [0.5, 0.6) is 0 Å². The lowest BCUT2D eigenvalue weighted by atomic mass is 10.1. The van der Waals surface area contributed by atoms with Gasteiger partial charge in [-0.1, -0.05) is 30.3 Å². The molecule has 2 rings (SSSR count). The van der Waals surface area contributed by atoms with Crippen LogP contribution in [0.1, 0.15) is 35.9 Å². The molecule has 0 spiro atoms. The molecule has 0 bridgehead atoms. The zero-order valence-corrected chi connectivity index (χ0v) is 13.2. The third-order valence-corrected chi connectivity index (χ3v) is 3.50. The molecule has 0 saturated heterocycles. The van der Waals surface area contributed by atoms with Crippen LogP contribution in [0.15, 0.2) is 53.1 Å². The van der Waals surface area contributed by atoms with Gasteiger partial charge in [0, 0.05) is 19.0 Å². The fraction of sp³-hybridized carbons (Fsp3) is 0.333. The van der Waals surface area contributed by atoms with Crippen molar-refractivity contribution in [3.8, 4) is 0 Å². The number of aryl methyl sites for hydroxylation is 1. The van der Waals surface area contributed by atoms with Gasteiger partial charge in [0.2, 0.25) is 5.91 Å². The molecule has 2 amide bonds. The SMILES string of the molecule is CC(CCc1ccccc1)NC(=O)CCNC(=O)c1ccco1. The number of hydrogen-bond donors (Lipinski definition) is 2. The van der Waals surface area contributed by atoms with Crippen LogP contribution >= 0.6 is 0 Å². The van der Waals surface area contributed by atoms with Crippen molar-refractivity contribution >= 4 is 11.8 Å². The van der Waals surface area contributed by atoms with E-state index in [0.29, 0.717) is 0 Å². The van der Waals surface area contributed by atoms with E-state index < -0.39 is 0 Å². The Balaban J connectivity index is 1.61. The van der Waals surface area contributed by atoms with Crippen molar-refractivity contribution < 1.29 is 14.0 Å². The van der Waals surface area contributed by atoms with Gasteiger partial charge >= 0.3 is 0 Å². The quantitative estimate of drug-likeness (QED) is 0.786. The predicted octanol–water partition coefficient (Wildman–Crippen LogP) is 2.54. The molecule has 1 aromatic carbocycles. The molecule has 1 heterocycles. The van der Waals surface area contributed by atoms with Gasteiger partial charge in [0.05, 0.1) is 6.26 Å². The first-order valence-electron chi connectivity index (χ1n) is 7.80. The second-order valence-electron chi connectivity index (χ2n) is 5.48. The van der Waals surface area contributed by atoms with E-state index in [2.05, 4.69) is 22.8 Å². The summed E-state index contributed by atoms with van der Waals surface area (Å²) in [5, 5.41) is 5.60. The maximum absolute atomic E-state index is 11.8. The van der Waals surface area contributed by atoms with Crippen LogP contribution in [-0.4, -0.2) is 24.4 Å². The van der Waals surface area contributed by atoms with E-state index >= 15 is 0 Å². The van der Waals surface area contributed by atoms with Gasteiger partial charge in [0.15, 0.2) is 5.76 Å². The van der Waals surface area contributed by atoms with Gasteiger partial charge < -0.3 is 15.1 Å². The molecule has 1 atom stereocenters. The van der Waals surface area contributed by atoms with Crippen LogP contribution in [0, 0.1) is 0 Å². The maximum atomic E-state index is 11.8. The molecular formula is C18H22N2O3. The van der Waals surface area contributed by atoms with E-state index in [1.807, 2.05) is 25.1 Å². The average molecular weight is 314 g/mol. The fourth-order valence-corrected chi connectivity index (χ4v) is 2.23. The van der Waals surface area contributed by atoms with E-state index in [0.717, 1.165) is 12.8 Å². The zero-order chi connectivity index (χ0) is 16.5. The Kier molecular flexibility index (Phi) is 6.41. The Bertz CT molecular complexity index is 608. The topological polar surface area (TPSA) is 71.3 Å². The van der Waals surface area contributed by atoms with Crippen molar-refractivity contribution in [2.24, 2.45) is 0 Å². The lowest BCUT2D eigenvalue weighted by Crippen LogP contribution is -2.35. The van der Waals surface area contributed by atoms with Crippen LogP contribution in [0.2, 0.25) is 0 Å². The van der Waals surface area contributed by atoms with Crippen LogP contribution < -0.4 is 10.6 Å². The van der Waals surface area contributed by atoms with Gasteiger partial charge in [-0.25, -0.2) is 0 Å². The summed E-state index contributed by atoms with van der Waals surface area (Å²) in [6, 6.07) is 13.5. The Morgan fingerprint density at radius 2 is 1.91 bits per heavy atom. The highest BCUT2D eigenvalue weighted by Gasteiger charge is 2.10. The van der Waals surface area contributed by atoms with Crippen molar-refractivity contribution in [2.75, 3.05) is 6.54 Å². The van der Waals surface area contributed by atoms with Crippen LogP contribution in [0.25, 0.3) is 0 Å². The van der Waals surface area contributed by atoms with E-state index in [9.17, 15) is 9.59 Å². The zero-order valence-electron chi connectivity index (χ0n) is 13.2. The molecule has 1 unspecified atom stereocenters. The molecule has 0 aliphatic carbocycles. The first-order valence-corrected chi connectivity index (χ1v) is 7.80. The molecule has 0 aliphatic rings. The number of hydrogen-bond acceptors (Lipinski definition) is 3. The van der Waals surface area contributed by atoms with Crippen LogP contribution in [0.3, 0.4) is 0 Å². The van der Waals surface area contributed by atoms with Crippen LogP contribution in [-0.2, 0) is 11.2 Å². The van der Waals surface area contributed by atoms with Gasteiger partial charge in [0.1, 0.15) is 0 Å². The number of carbonyl (C=O) groups is 2. The molecule has 2 aromatic rings. The smallest absolute Gasteiger partial charge is 0.286 e. The molecular weight excluding hydrogens is 292 g/mol. The van der Waals surface area contributed by atoms with Crippen LogP contribution in [0.4, 0.5) is 0 Å². The Hall–Kier alpha value is -2.56. The second kappa shape index (κ2) is 8.78. The highest BCUT2D eigenvalue weighted by atomic mass is 16.3. The van der Waals surface area contributed by atoms with Gasteiger partial charge in [-0.05, 0) is 37.5 Å². The monoisotopic (exact) mass is 314 g/mol. The summed E-state index contributed by atoms with van der Waals surface area (Å²) >= 11 is 0. The van der Waals surface area contributed by atoms with Crippen molar-refractivity contribution in [3.05, 3.63) is 60.1 Å². The van der Waals surface area contributed by atoms with E-state index in [1.165, 1.54) is 11.8 Å². The maximum Gasteiger partial charge on any atom is 0.286 e. The highest BCUT2D eigenvalue weighted by Crippen LogP contribution is 2.05. The standard InChI is InChI=1S/C18H22N2O3/c1-14(9-10-15-6-3-2-4-7-15)20-17(21)11-12-19-18(22)16-8-5-13-23-16/h2-8,13-14H,9-12H2,1H3,(H,19,22)(H,20,21). The van der Waals surface area contributed by atoms with Crippen molar-refractivity contribution in [2.45, 2.75) is 32.2 Å². The van der Waals surface area contributed by atoms with E-state index in [4.69, 9.17) is 4.42 Å². The van der Waals surface area contributed by atoms with Gasteiger partial charge in [0.25, 0.3) is 5.91 Å². The largest absolute Gasteiger partial charge is 0.459 e. The molecule has 0 saturated carbocycles. The molecule has 0 radical (unpaired) electrons. The number of benzene rings is 1. The lowest BCUT2D eigenvalue weighted by molar-refractivity contribution is -0.121. The minimum Gasteiger partial charge on any atom is -0.459 e. The minimum absolute atomic E-state index is 0.0645. The first kappa shape index (κ1) is 16.8.